The van der Waals surface area contributed by atoms with Crippen LogP contribution < -0.4 is 10.5 Å². The van der Waals surface area contributed by atoms with E-state index in [1.165, 1.54) is 16.8 Å². The first-order chi connectivity index (χ1) is 13.6. The summed E-state index contributed by atoms with van der Waals surface area (Å²) < 4.78 is 22.2. The highest BCUT2D eigenvalue weighted by molar-refractivity contribution is 5.95. The van der Waals surface area contributed by atoms with Crippen LogP contribution in [0.5, 0.6) is 0 Å². The third-order valence-corrected chi connectivity index (χ3v) is 5.39. The normalized spacial score (nSPS) is 19.5. The molecule has 0 saturated carbocycles. The lowest BCUT2D eigenvalue weighted by atomic mass is 10.0. The number of aromatic nitrogens is 4. The number of cyclic esters (lactones) is 1. The van der Waals surface area contributed by atoms with Gasteiger partial charge in [-0.3, -0.25) is 4.79 Å². The van der Waals surface area contributed by atoms with Gasteiger partial charge in [0.1, 0.15) is 23.8 Å². The molecule has 2 aliphatic heterocycles. The molecule has 3 aromatic rings. The van der Waals surface area contributed by atoms with Gasteiger partial charge < -0.3 is 14.2 Å². The van der Waals surface area contributed by atoms with Crippen molar-refractivity contribution in [3.63, 3.8) is 0 Å². The van der Waals surface area contributed by atoms with Crippen molar-refractivity contribution in [2.24, 2.45) is 0 Å². The average molecular weight is 383 g/mol. The second kappa shape index (κ2) is 6.43. The Bertz CT molecular complexity index is 1140. The lowest BCUT2D eigenvalue weighted by molar-refractivity contribution is 0.0492. The van der Waals surface area contributed by atoms with Crippen LogP contribution in [-0.4, -0.2) is 44.3 Å². The molecule has 0 N–H and O–H groups in total. The first kappa shape index (κ1) is 16.9. The molecule has 1 fully saturated rings. The molecule has 144 valence electrons. The largest absolute Gasteiger partial charge is 0.460 e. The predicted octanol–water partition coefficient (Wildman–Crippen LogP) is 1.41. The minimum atomic E-state index is -0.570. The summed E-state index contributed by atoms with van der Waals surface area (Å²) in [5.74, 6) is -0.339. The fourth-order valence-electron chi connectivity index (χ4n) is 4.05. The Labute approximate surface area is 159 Å². The third kappa shape index (κ3) is 2.74. The predicted molar refractivity (Wildman–Crippen MR) is 98.0 cm³/mol. The van der Waals surface area contributed by atoms with Crippen molar-refractivity contribution in [2.45, 2.75) is 31.8 Å². The van der Waals surface area contributed by atoms with E-state index in [1.807, 2.05) is 6.07 Å². The summed E-state index contributed by atoms with van der Waals surface area (Å²) in [4.78, 5) is 32.0. The molecule has 5 heterocycles. The molecule has 0 spiro atoms. The molecular formula is C19H18FN5O3. The SMILES string of the molecule is O=C1OCCn2cc(F)cc(c2=O)CC2CCCN2c2ccn3ncc1c3n2. The molecule has 4 bridgehead atoms. The van der Waals surface area contributed by atoms with Crippen LogP contribution >= 0.6 is 0 Å². The number of halogens is 1. The number of esters is 1. The van der Waals surface area contributed by atoms with Gasteiger partial charge in [0.25, 0.3) is 5.56 Å². The van der Waals surface area contributed by atoms with E-state index in [-0.39, 0.29) is 30.3 Å². The zero-order valence-corrected chi connectivity index (χ0v) is 15.0. The molecule has 5 rings (SSSR count). The molecule has 0 radical (unpaired) electrons. The van der Waals surface area contributed by atoms with E-state index in [0.717, 1.165) is 25.6 Å². The minimum Gasteiger partial charge on any atom is -0.460 e. The number of fused-ring (bicyclic) bond motifs is 5. The number of carbonyl (C=O) groups is 1. The van der Waals surface area contributed by atoms with Gasteiger partial charge in [0.05, 0.1) is 12.7 Å². The molecule has 0 aliphatic carbocycles. The quantitative estimate of drug-likeness (QED) is 0.546. The van der Waals surface area contributed by atoms with E-state index in [1.54, 1.807) is 10.7 Å². The van der Waals surface area contributed by atoms with Crippen molar-refractivity contribution < 1.29 is 13.9 Å². The van der Waals surface area contributed by atoms with Crippen molar-refractivity contribution in [2.75, 3.05) is 18.1 Å². The van der Waals surface area contributed by atoms with Gasteiger partial charge in [-0.25, -0.2) is 18.7 Å². The molecule has 3 aromatic heterocycles. The molecule has 1 atom stereocenters. The molecule has 2 aliphatic rings. The number of pyridine rings is 1. The summed E-state index contributed by atoms with van der Waals surface area (Å²) >= 11 is 0. The minimum absolute atomic E-state index is 0.0409. The second-order valence-corrected chi connectivity index (χ2v) is 7.12. The lowest BCUT2D eigenvalue weighted by Gasteiger charge is -2.26. The highest BCUT2D eigenvalue weighted by Crippen LogP contribution is 2.27. The van der Waals surface area contributed by atoms with Gasteiger partial charge in [0.15, 0.2) is 5.65 Å². The second-order valence-electron chi connectivity index (χ2n) is 7.12. The molecule has 1 saturated heterocycles. The van der Waals surface area contributed by atoms with Crippen molar-refractivity contribution >= 4 is 17.4 Å². The molecule has 8 nitrogen and oxygen atoms in total. The zero-order chi connectivity index (χ0) is 19.3. The van der Waals surface area contributed by atoms with Crippen LogP contribution in [0.15, 0.2) is 35.5 Å². The Morgan fingerprint density at radius 2 is 2.14 bits per heavy atom. The Morgan fingerprint density at radius 3 is 3.04 bits per heavy atom. The van der Waals surface area contributed by atoms with E-state index < -0.39 is 11.8 Å². The molecule has 9 heteroatoms. The first-order valence-corrected chi connectivity index (χ1v) is 9.27. The van der Waals surface area contributed by atoms with Crippen LogP contribution in [0.3, 0.4) is 0 Å². The number of nitrogens with zero attached hydrogens (tertiary/aromatic N) is 5. The van der Waals surface area contributed by atoms with Crippen LogP contribution in [-0.2, 0) is 17.7 Å². The number of hydrogen-bond donors (Lipinski definition) is 0. The number of carbonyl (C=O) groups excluding carboxylic acids is 1. The van der Waals surface area contributed by atoms with Gasteiger partial charge in [-0.2, -0.15) is 5.10 Å². The zero-order valence-electron chi connectivity index (χ0n) is 15.0. The van der Waals surface area contributed by atoms with E-state index in [2.05, 4.69) is 15.0 Å². The standard InChI is InChI=1S/C19H18FN5O3/c20-13-8-12-9-14-2-1-4-24(14)16-3-5-25-17(22-16)15(10-21-25)19(27)28-7-6-23(11-13)18(12)26/h3,5,8,10-11,14H,1-2,4,6-7,9H2. The maximum atomic E-state index is 14.1. The summed E-state index contributed by atoms with van der Waals surface area (Å²) in [6.07, 6.45) is 6.61. The van der Waals surface area contributed by atoms with Crippen molar-refractivity contribution in [1.82, 2.24) is 19.2 Å². The number of rotatable bonds is 0. The number of ether oxygens (including phenoxy) is 1. The van der Waals surface area contributed by atoms with Crippen molar-refractivity contribution in [3.05, 3.63) is 58.0 Å². The molecule has 0 aromatic carbocycles. The monoisotopic (exact) mass is 383 g/mol. The van der Waals surface area contributed by atoms with Gasteiger partial charge >= 0.3 is 5.97 Å². The van der Waals surface area contributed by atoms with Gasteiger partial charge in [0.2, 0.25) is 0 Å². The van der Waals surface area contributed by atoms with Crippen LogP contribution in [0, 0.1) is 5.82 Å². The van der Waals surface area contributed by atoms with E-state index >= 15 is 0 Å². The topological polar surface area (TPSA) is 81.7 Å². The van der Waals surface area contributed by atoms with Crippen LogP contribution in [0.2, 0.25) is 0 Å². The molecular weight excluding hydrogens is 365 g/mol. The third-order valence-electron chi connectivity index (χ3n) is 5.39. The lowest BCUT2D eigenvalue weighted by Crippen LogP contribution is -2.35. The summed E-state index contributed by atoms with van der Waals surface area (Å²) in [7, 11) is 0. The van der Waals surface area contributed by atoms with Crippen LogP contribution in [0.25, 0.3) is 5.65 Å². The first-order valence-electron chi connectivity index (χ1n) is 9.27. The molecule has 28 heavy (non-hydrogen) atoms. The van der Waals surface area contributed by atoms with E-state index in [4.69, 9.17) is 4.74 Å². The fourth-order valence-corrected chi connectivity index (χ4v) is 4.05. The van der Waals surface area contributed by atoms with Gasteiger partial charge in [0, 0.05) is 30.5 Å². The summed E-state index contributed by atoms with van der Waals surface area (Å²) in [6.45, 7) is 0.821. The van der Waals surface area contributed by atoms with Gasteiger partial charge in [-0.05, 0) is 31.4 Å². The highest BCUT2D eigenvalue weighted by atomic mass is 19.1. The maximum absolute atomic E-state index is 14.1. The van der Waals surface area contributed by atoms with Crippen molar-refractivity contribution in [3.8, 4) is 0 Å². The smallest absolute Gasteiger partial charge is 0.343 e. The number of hydrogen-bond acceptors (Lipinski definition) is 6. The Kier molecular flexibility index (Phi) is 3.88. The summed E-state index contributed by atoms with van der Waals surface area (Å²) in [5, 5.41) is 4.16. The van der Waals surface area contributed by atoms with Crippen LogP contribution in [0.1, 0.15) is 28.8 Å². The number of anilines is 1. The average Bonchev–Trinajstić information content (AvgIpc) is 3.30. The Morgan fingerprint density at radius 1 is 1.25 bits per heavy atom. The fraction of sp³-hybridized carbons (Fsp3) is 0.368. The van der Waals surface area contributed by atoms with Gasteiger partial charge in [-0.15, -0.1) is 0 Å². The van der Waals surface area contributed by atoms with E-state index in [9.17, 15) is 14.0 Å². The Balaban J connectivity index is 1.65. The summed E-state index contributed by atoms with van der Waals surface area (Å²) in [5.41, 5.74) is 0.872. The van der Waals surface area contributed by atoms with Gasteiger partial charge in [-0.1, -0.05) is 0 Å². The van der Waals surface area contributed by atoms with Crippen LogP contribution in [0.4, 0.5) is 10.2 Å². The highest BCUT2D eigenvalue weighted by Gasteiger charge is 2.28. The molecule has 0 amide bonds. The van der Waals surface area contributed by atoms with E-state index in [0.29, 0.717) is 23.4 Å². The van der Waals surface area contributed by atoms with Crippen molar-refractivity contribution in [1.29, 1.82) is 0 Å². The summed E-state index contributed by atoms with van der Waals surface area (Å²) in [6, 6.07) is 3.18. The Hall–Kier alpha value is -3.23. The molecule has 1 unspecified atom stereocenters. The maximum Gasteiger partial charge on any atom is 0.343 e.